The maximum atomic E-state index is 10.3. The van der Waals surface area contributed by atoms with Crippen molar-refractivity contribution in [3.8, 4) is 0 Å². The van der Waals surface area contributed by atoms with Crippen LogP contribution in [0.1, 0.15) is 19.8 Å². The van der Waals surface area contributed by atoms with E-state index < -0.39 is 12.1 Å². The number of nitrogens with one attached hydrogen (secondary N) is 1. The van der Waals surface area contributed by atoms with Gasteiger partial charge in [0.15, 0.2) is 0 Å². The zero-order chi connectivity index (χ0) is 11.0. The Hall–Kier alpha value is -0.650. The average molecular weight is 205 g/mol. The zero-order valence-electron chi connectivity index (χ0n) is 8.69. The van der Waals surface area contributed by atoms with Crippen molar-refractivity contribution >= 4 is 5.97 Å². The summed E-state index contributed by atoms with van der Waals surface area (Å²) in [4.78, 5) is 10.3. The Morgan fingerprint density at radius 1 is 1.57 bits per heavy atom. The molecule has 0 aromatic carbocycles. The van der Waals surface area contributed by atoms with Crippen LogP contribution in [0.25, 0.3) is 0 Å². The van der Waals surface area contributed by atoms with E-state index in [-0.39, 0.29) is 12.5 Å². The molecule has 0 saturated carbocycles. The van der Waals surface area contributed by atoms with Gasteiger partial charge in [0.25, 0.3) is 0 Å². The minimum Gasteiger partial charge on any atom is -0.481 e. The van der Waals surface area contributed by atoms with Crippen molar-refractivity contribution in [1.29, 1.82) is 0 Å². The average Bonchev–Trinajstić information content (AvgIpc) is 2.02. The third kappa shape index (κ3) is 7.97. The van der Waals surface area contributed by atoms with Crippen LogP contribution in [0, 0.1) is 0 Å². The van der Waals surface area contributed by atoms with Crippen LogP contribution in [-0.2, 0) is 9.53 Å². The second-order valence-electron chi connectivity index (χ2n) is 3.35. The highest BCUT2D eigenvalue weighted by Crippen LogP contribution is 1.94. The maximum Gasteiger partial charge on any atom is 0.304 e. The molecule has 5 nitrogen and oxygen atoms in total. The lowest BCUT2D eigenvalue weighted by Gasteiger charge is -2.13. The minimum atomic E-state index is -0.817. The monoisotopic (exact) mass is 205 g/mol. The van der Waals surface area contributed by atoms with Gasteiger partial charge in [-0.3, -0.25) is 4.79 Å². The lowest BCUT2D eigenvalue weighted by molar-refractivity contribution is -0.137. The minimum absolute atomic E-state index is 0.0674. The number of aliphatic hydroxyl groups is 1. The Labute approximate surface area is 84.1 Å². The Morgan fingerprint density at radius 2 is 2.21 bits per heavy atom. The van der Waals surface area contributed by atoms with Crippen LogP contribution in [0.2, 0.25) is 0 Å². The van der Waals surface area contributed by atoms with Crippen LogP contribution >= 0.6 is 0 Å². The van der Waals surface area contributed by atoms with Crippen LogP contribution in [-0.4, -0.2) is 48.6 Å². The number of hydrogen-bond acceptors (Lipinski definition) is 4. The molecule has 0 bridgehead atoms. The van der Waals surface area contributed by atoms with Crippen molar-refractivity contribution in [2.75, 3.05) is 20.3 Å². The number of ether oxygens (including phenoxy) is 1. The third-order valence-corrected chi connectivity index (χ3v) is 1.81. The van der Waals surface area contributed by atoms with Crippen molar-refractivity contribution in [3.05, 3.63) is 0 Å². The lowest BCUT2D eigenvalue weighted by atomic mass is 10.2. The molecule has 0 rings (SSSR count). The van der Waals surface area contributed by atoms with E-state index in [2.05, 4.69) is 5.32 Å². The highest BCUT2D eigenvalue weighted by atomic mass is 16.5. The molecule has 0 saturated heterocycles. The molecule has 0 heterocycles. The van der Waals surface area contributed by atoms with Crippen molar-refractivity contribution < 1.29 is 19.7 Å². The van der Waals surface area contributed by atoms with E-state index in [0.29, 0.717) is 19.6 Å². The van der Waals surface area contributed by atoms with E-state index >= 15 is 0 Å². The molecule has 0 aliphatic heterocycles. The molecule has 2 unspecified atom stereocenters. The number of aliphatic carboxylic acids is 1. The van der Waals surface area contributed by atoms with Crippen LogP contribution in [0.15, 0.2) is 0 Å². The second kappa shape index (κ2) is 7.73. The first-order chi connectivity index (χ1) is 6.56. The molecule has 0 aromatic heterocycles. The summed E-state index contributed by atoms with van der Waals surface area (Å²) in [6, 6.07) is -0.0674. The number of rotatable bonds is 8. The number of hydrogen-bond donors (Lipinski definition) is 3. The summed E-state index contributed by atoms with van der Waals surface area (Å²) in [6.07, 6.45) is 0.183. The van der Waals surface area contributed by atoms with Gasteiger partial charge in [-0.05, 0) is 19.9 Å². The Morgan fingerprint density at radius 3 is 2.71 bits per heavy atom. The number of carboxylic acid groups (broad SMARTS) is 1. The fourth-order valence-corrected chi connectivity index (χ4v) is 1.11. The van der Waals surface area contributed by atoms with Crippen molar-refractivity contribution in [2.24, 2.45) is 0 Å². The van der Waals surface area contributed by atoms with Gasteiger partial charge in [0.05, 0.1) is 19.1 Å². The molecule has 3 N–H and O–H groups in total. The molecule has 2 atom stereocenters. The first-order valence-corrected chi connectivity index (χ1v) is 4.68. The summed E-state index contributed by atoms with van der Waals surface area (Å²) in [7, 11) is 1.53. The molecular formula is C9H19NO4. The SMILES string of the molecule is COCC(O)CCNC(C)CC(=O)O. The molecule has 0 fully saturated rings. The van der Waals surface area contributed by atoms with Gasteiger partial charge in [-0.2, -0.15) is 0 Å². The number of aliphatic hydroxyl groups excluding tert-OH is 1. The van der Waals surface area contributed by atoms with E-state index in [1.54, 1.807) is 6.92 Å². The van der Waals surface area contributed by atoms with Gasteiger partial charge in [-0.25, -0.2) is 0 Å². The highest BCUT2D eigenvalue weighted by molar-refractivity contribution is 5.67. The second-order valence-corrected chi connectivity index (χ2v) is 3.35. The van der Waals surface area contributed by atoms with Crippen LogP contribution < -0.4 is 5.32 Å². The van der Waals surface area contributed by atoms with Crippen LogP contribution in [0.4, 0.5) is 0 Å². The Kier molecular flexibility index (Phi) is 7.37. The smallest absolute Gasteiger partial charge is 0.304 e. The Balaban J connectivity index is 3.38. The van der Waals surface area contributed by atoms with E-state index in [9.17, 15) is 9.90 Å². The molecular weight excluding hydrogens is 186 g/mol. The summed E-state index contributed by atoms with van der Waals surface area (Å²) in [5.74, 6) is -0.817. The van der Waals surface area contributed by atoms with E-state index in [1.807, 2.05) is 0 Å². The van der Waals surface area contributed by atoms with Crippen LogP contribution in [0.5, 0.6) is 0 Å². The summed E-state index contributed by atoms with van der Waals surface area (Å²) >= 11 is 0. The molecule has 0 aliphatic rings. The van der Waals surface area contributed by atoms with E-state index in [4.69, 9.17) is 9.84 Å². The molecule has 84 valence electrons. The molecule has 14 heavy (non-hydrogen) atoms. The standard InChI is InChI=1S/C9H19NO4/c1-7(5-9(12)13)10-4-3-8(11)6-14-2/h7-8,10-11H,3-6H2,1-2H3,(H,12,13). The first-order valence-electron chi connectivity index (χ1n) is 4.68. The molecule has 5 heteroatoms. The van der Waals surface area contributed by atoms with Gasteiger partial charge in [0, 0.05) is 13.2 Å². The summed E-state index contributed by atoms with van der Waals surface area (Å²) in [5, 5.41) is 20.7. The molecule has 0 aromatic rings. The van der Waals surface area contributed by atoms with Crippen molar-refractivity contribution in [2.45, 2.75) is 31.9 Å². The van der Waals surface area contributed by atoms with Gasteiger partial charge in [-0.15, -0.1) is 0 Å². The lowest BCUT2D eigenvalue weighted by Crippen LogP contribution is -2.31. The predicted molar refractivity (Wildman–Crippen MR) is 52.2 cm³/mol. The third-order valence-electron chi connectivity index (χ3n) is 1.81. The van der Waals surface area contributed by atoms with Crippen LogP contribution in [0.3, 0.4) is 0 Å². The number of carbonyl (C=O) groups is 1. The first kappa shape index (κ1) is 13.4. The molecule has 0 aliphatic carbocycles. The van der Waals surface area contributed by atoms with Gasteiger partial charge < -0.3 is 20.3 Å². The van der Waals surface area contributed by atoms with Crippen molar-refractivity contribution in [3.63, 3.8) is 0 Å². The topological polar surface area (TPSA) is 78.8 Å². The maximum absolute atomic E-state index is 10.3. The molecule has 0 spiro atoms. The Bertz CT molecular complexity index is 163. The number of carboxylic acids is 1. The van der Waals surface area contributed by atoms with Gasteiger partial charge in [0.1, 0.15) is 0 Å². The summed E-state index contributed by atoms with van der Waals surface area (Å²) < 4.78 is 4.75. The van der Waals surface area contributed by atoms with Gasteiger partial charge in [-0.1, -0.05) is 0 Å². The zero-order valence-corrected chi connectivity index (χ0v) is 8.69. The van der Waals surface area contributed by atoms with E-state index in [0.717, 1.165) is 0 Å². The van der Waals surface area contributed by atoms with Gasteiger partial charge >= 0.3 is 5.97 Å². The largest absolute Gasteiger partial charge is 0.481 e. The predicted octanol–water partition coefficient (Wildman–Crippen LogP) is -0.163. The van der Waals surface area contributed by atoms with E-state index in [1.165, 1.54) is 7.11 Å². The van der Waals surface area contributed by atoms with Gasteiger partial charge in [0.2, 0.25) is 0 Å². The highest BCUT2D eigenvalue weighted by Gasteiger charge is 2.08. The fraction of sp³-hybridized carbons (Fsp3) is 0.889. The number of methoxy groups -OCH3 is 1. The molecule has 0 radical (unpaired) electrons. The summed E-state index contributed by atoms with van der Waals surface area (Å²) in [5.41, 5.74) is 0. The van der Waals surface area contributed by atoms with Crippen molar-refractivity contribution in [1.82, 2.24) is 5.32 Å². The molecule has 0 amide bonds. The normalized spacial score (nSPS) is 15.1. The quantitative estimate of drug-likeness (QED) is 0.513. The fourth-order valence-electron chi connectivity index (χ4n) is 1.11. The summed E-state index contributed by atoms with van der Waals surface area (Å²) in [6.45, 7) is 2.71.